The summed E-state index contributed by atoms with van der Waals surface area (Å²) in [6, 6.07) is 2.04. The molecule has 0 unspecified atom stereocenters. The van der Waals surface area contributed by atoms with Crippen LogP contribution in [-0.2, 0) is 4.79 Å². The third-order valence-corrected chi connectivity index (χ3v) is 5.19. The van der Waals surface area contributed by atoms with Crippen molar-refractivity contribution < 1.29 is 4.79 Å². The average molecular weight is 361 g/mol. The van der Waals surface area contributed by atoms with Crippen LogP contribution in [-0.4, -0.2) is 78.0 Å². The Balaban J connectivity index is 1.51. The first-order valence-electron chi connectivity index (χ1n) is 10.0. The van der Waals surface area contributed by atoms with Gasteiger partial charge < -0.3 is 15.1 Å². The molecular formula is C19H32N6O. The minimum atomic E-state index is 0.299. The standard InChI is InChI=1S/C19H32N6O/c1-3-20-19-21-16(2)14-17(22-19)24-12-10-23(11-13-24)15-18(26)25-8-6-4-5-7-9-25/h14H,3-13,15H2,1-2H3,(H,20,21,22). The van der Waals surface area contributed by atoms with Crippen LogP contribution in [0.25, 0.3) is 0 Å². The van der Waals surface area contributed by atoms with Crippen LogP contribution in [0.3, 0.4) is 0 Å². The SMILES string of the molecule is CCNc1nc(C)cc(N2CCN(CC(=O)N3CCCCCC3)CC2)n1. The van der Waals surface area contributed by atoms with Gasteiger partial charge >= 0.3 is 0 Å². The van der Waals surface area contributed by atoms with Crippen LogP contribution in [0.4, 0.5) is 11.8 Å². The summed E-state index contributed by atoms with van der Waals surface area (Å²) in [6.45, 7) is 10.9. The van der Waals surface area contributed by atoms with Gasteiger partial charge in [-0.15, -0.1) is 0 Å². The number of aromatic nitrogens is 2. The normalized spacial score (nSPS) is 19.3. The molecule has 7 nitrogen and oxygen atoms in total. The molecule has 26 heavy (non-hydrogen) atoms. The highest BCUT2D eigenvalue weighted by atomic mass is 16.2. The van der Waals surface area contributed by atoms with E-state index in [4.69, 9.17) is 0 Å². The largest absolute Gasteiger partial charge is 0.354 e. The van der Waals surface area contributed by atoms with Gasteiger partial charge in [-0.3, -0.25) is 9.69 Å². The number of anilines is 2. The lowest BCUT2D eigenvalue weighted by Gasteiger charge is -2.36. The predicted molar refractivity (Wildman–Crippen MR) is 105 cm³/mol. The average Bonchev–Trinajstić information content (AvgIpc) is 2.92. The lowest BCUT2D eigenvalue weighted by atomic mass is 10.2. The Hall–Kier alpha value is -1.89. The highest BCUT2D eigenvalue weighted by molar-refractivity contribution is 5.78. The molecule has 144 valence electrons. The molecular weight excluding hydrogens is 328 g/mol. The number of hydrogen-bond donors (Lipinski definition) is 1. The fourth-order valence-corrected chi connectivity index (χ4v) is 3.70. The molecule has 2 aliphatic heterocycles. The van der Waals surface area contributed by atoms with Gasteiger partial charge in [0.05, 0.1) is 6.54 Å². The Labute approximate surface area is 156 Å². The Morgan fingerprint density at radius 1 is 1.04 bits per heavy atom. The lowest BCUT2D eigenvalue weighted by Crippen LogP contribution is -2.50. The predicted octanol–water partition coefficient (Wildman–Crippen LogP) is 1.74. The van der Waals surface area contributed by atoms with Crippen molar-refractivity contribution in [2.75, 3.05) is 62.6 Å². The summed E-state index contributed by atoms with van der Waals surface area (Å²) < 4.78 is 0. The number of likely N-dealkylation sites (tertiary alicyclic amines) is 1. The molecule has 2 aliphatic rings. The summed E-state index contributed by atoms with van der Waals surface area (Å²) in [4.78, 5) is 28.3. The van der Waals surface area contributed by atoms with Crippen LogP contribution in [0, 0.1) is 6.92 Å². The number of hydrogen-bond acceptors (Lipinski definition) is 6. The molecule has 0 saturated carbocycles. The van der Waals surface area contributed by atoms with Gasteiger partial charge in [0, 0.05) is 57.6 Å². The third kappa shape index (κ3) is 5.06. The maximum atomic E-state index is 12.6. The number of carbonyl (C=O) groups is 1. The van der Waals surface area contributed by atoms with Crippen LogP contribution in [0.1, 0.15) is 38.3 Å². The van der Waals surface area contributed by atoms with E-state index in [-0.39, 0.29) is 0 Å². The number of rotatable bonds is 5. The molecule has 0 radical (unpaired) electrons. The van der Waals surface area contributed by atoms with E-state index in [0.717, 1.165) is 70.2 Å². The first-order chi connectivity index (χ1) is 12.7. The van der Waals surface area contributed by atoms with Gasteiger partial charge in [-0.2, -0.15) is 4.98 Å². The van der Waals surface area contributed by atoms with Crippen LogP contribution in [0.15, 0.2) is 6.07 Å². The summed E-state index contributed by atoms with van der Waals surface area (Å²) in [5.74, 6) is 1.97. The topological polar surface area (TPSA) is 64.6 Å². The Kier molecular flexibility index (Phi) is 6.66. The quantitative estimate of drug-likeness (QED) is 0.863. The van der Waals surface area contributed by atoms with Gasteiger partial charge in [0.2, 0.25) is 11.9 Å². The highest BCUT2D eigenvalue weighted by Gasteiger charge is 2.23. The van der Waals surface area contributed by atoms with Crippen molar-refractivity contribution in [3.8, 4) is 0 Å². The first-order valence-corrected chi connectivity index (χ1v) is 10.0. The molecule has 0 spiro atoms. The highest BCUT2D eigenvalue weighted by Crippen LogP contribution is 2.17. The molecule has 3 rings (SSSR count). The summed E-state index contributed by atoms with van der Waals surface area (Å²) in [7, 11) is 0. The van der Waals surface area contributed by atoms with Crippen LogP contribution in [0.2, 0.25) is 0 Å². The third-order valence-electron chi connectivity index (χ3n) is 5.19. The van der Waals surface area contributed by atoms with Crippen molar-refractivity contribution in [1.82, 2.24) is 19.8 Å². The molecule has 0 aliphatic carbocycles. The second kappa shape index (κ2) is 9.16. The molecule has 1 aromatic rings. The molecule has 0 atom stereocenters. The zero-order valence-electron chi connectivity index (χ0n) is 16.2. The van der Waals surface area contributed by atoms with Crippen molar-refractivity contribution in [2.45, 2.75) is 39.5 Å². The molecule has 3 heterocycles. The zero-order chi connectivity index (χ0) is 18.4. The molecule has 0 aromatic carbocycles. The van der Waals surface area contributed by atoms with Gasteiger partial charge in [0.1, 0.15) is 5.82 Å². The van der Waals surface area contributed by atoms with E-state index >= 15 is 0 Å². The van der Waals surface area contributed by atoms with Crippen molar-refractivity contribution >= 4 is 17.7 Å². The number of aryl methyl sites for hydroxylation is 1. The minimum Gasteiger partial charge on any atom is -0.354 e. The van der Waals surface area contributed by atoms with Crippen LogP contribution < -0.4 is 10.2 Å². The Bertz CT molecular complexity index is 592. The maximum Gasteiger partial charge on any atom is 0.236 e. The van der Waals surface area contributed by atoms with Gasteiger partial charge in [0.15, 0.2) is 0 Å². The Morgan fingerprint density at radius 3 is 2.38 bits per heavy atom. The van der Waals surface area contributed by atoms with Crippen molar-refractivity contribution in [2.24, 2.45) is 0 Å². The van der Waals surface area contributed by atoms with E-state index in [1.165, 1.54) is 12.8 Å². The molecule has 7 heteroatoms. The Morgan fingerprint density at radius 2 is 1.73 bits per heavy atom. The van der Waals surface area contributed by atoms with Crippen LogP contribution >= 0.6 is 0 Å². The van der Waals surface area contributed by atoms with Gasteiger partial charge in [-0.1, -0.05) is 12.8 Å². The van der Waals surface area contributed by atoms with Gasteiger partial charge in [-0.05, 0) is 26.7 Å². The van der Waals surface area contributed by atoms with E-state index in [1.807, 2.05) is 19.9 Å². The van der Waals surface area contributed by atoms with E-state index in [9.17, 15) is 4.79 Å². The lowest BCUT2D eigenvalue weighted by molar-refractivity contribution is -0.132. The molecule has 1 amide bonds. The second-order valence-corrected chi connectivity index (χ2v) is 7.28. The number of carbonyl (C=O) groups excluding carboxylic acids is 1. The first kappa shape index (κ1) is 18.9. The molecule has 2 fully saturated rings. The van der Waals surface area contributed by atoms with Crippen molar-refractivity contribution in [3.05, 3.63) is 11.8 Å². The monoisotopic (exact) mass is 360 g/mol. The number of piperazine rings is 1. The molecule has 0 bridgehead atoms. The van der Waals surface area contributed by atoms with Gasteiger partial charge in [-0.25, -0.2) is 4.98 Å². The fraction of sp³-hybridized carbons (Fsp3) is 0.737. The summed E-state index contributed by atoms with van der Waals surface area (Å²) >= 11 is 0. The number of nitrogens with zero attached hydrogens (tertiary/aromatic N) is 5. The smallest absolute Gasteiger partial charge is 0.236 e. The van der Waals surface area contributed by atoms with E-state index < -0.39 is 0 Å². The summed E-state index contributed by atoms with van der Waals surface area (Å²) in [5.41, 5.74) is 0.977. The van der Waals surface area contributed by atoms with Crippen molar-refractivity contribution in [1.29, 1.82) is 0 Å². The molecule has 1 N–H and O–H groups in total. The van der Waals surface area contributed by atoms with E-state index in [2.05, 4.69) is 30.0 Å². The molecule has 2 saturated heterocycles. The van der Waals surface area contributed by atoms with Gasteiger partial charge in [0.25, 0.3) is 0 Å². The second-order valence-electron chi connectivity index (χ2n) is 7.28. The number of nitrogens with one attached hydrogen (secondary N) is 1. The van der Waals surface area contributed by atoms with E-state index in [1.54, 1.807) is 0 Å². The fourth-order valence-electron chi connectivity index (χ4n) is 3.70. The van der Waals surface area contributed by atoms with Crippen molar-refractivity contribution in [3.63, 3.8) is 0 Å². The minimum absolute atomic E-state index is 0.299. The van der Waals surface area contributed by atoms with E-state index in [0.29, 0.717) is 18.4 Å². The maximum absolute atomic E-state index is 12.6. The number of amides is 1. The zero-order valence-corrected chi connectivity index (χ0v) is 16.2. The summed E-state index contributed by atoms with van der Waals surface area (Å²) in [6.07, 6.45) is 4.83. The summed E-state index contributed by atoms with van der Waals surface area (Å²) in [5, 5.41) is 3.19. The van der Waals surface area contributed by atoms with Crippen LogP contribution in [0.5, 0.6) is 0 Å². The molecule has 1 aromatic heterocycles.